The molecule has 0 radical (unpaired) electrons. The lowest BCUT2D eigenvalue weighted by Crippen LogP contribution is -2.31. The smallest absolute Gasteiger partial charge is 0.229 e. The summed E-state index contributed by atoms with van der Waals surface area (Å²) in [5, 5.41) is 3.60. The highest BCUT2D eigenvalue weighted by Gasteiger charge is 2.29. The van der Waals surface area contributed by atoms with Gasteiger partial charge in [0.05, 0.1) is 29.0 Å². The first kappa shape index (κ1) is 15.1. The lowest BCUT2D eigenvalue weighted by atomic mass is 9.90. The van der Waals surface area contributed by atoms with Crippen LogP contribution < -0.4 is 11.1 Å². The van der Waals surface area contributed by atoms with E-state index in [1.165, 1.54) is 11.3 Å². The molecule has 1 aliphatic rings. The van der Waals surface area contributed by atoms with E-state index in [2.05, 4.69) is 15.3 Å². The van der Waals surface area contributed by atoms with Crippen LogP contribution in [0.25, 0.3) is 11.0 Å². The lowest BCUT2D eigenvalue weighted by Gasteiger charge is -2.20. The molecule has 7 heteroatoms. The second kappa shape index (κ2) is 5.90. The molecule has 1 unspecified atom stereocenters. The van der Waals surface area contributed by atoms with Gasteiger partial charge in [-0.05, 0) is 37.0 Å². The molecule has 4 rings (SSSR count). The third-order valence-corrected chi connectivity index (χ3v) is 5.50. The standard InChI is InChI=1S/C17H19N5OS/c1-22-9-20-12-7-10(5-6-13(12)22)8-19-16(23)11-3-2-4-14-15(11)21-17(18)24-14/h5-7,9,11H,2-4,8H2,1H3,(H2,18,21)(H,19,23). The van der Waals surface area contributed by atoms with Crippen molar-refractivity contribution in [1.29, 1.82) is 0 Å². The van der Waals surface area contributed by atoms with Crippen LogP contribution in [0.4, 0.5) is 5.13 Å². The number of fused-ring (bicyclic) bond motifs is 2. The Labute approximate surface area is 143 Å². The minimum Gasteiger partial charge on any atom is -0.375 e. The van der Waals surface area contributed by atoms with Crippen LogP contribution in [0.3, 0.4) is 0 Å². The molecule has 0 bridgehead atoms. The Bertz CT molecular complexity index is 913. The van der Waals surface area contributed by atoms with Crippen molar-refractivity contribution in [2.45, 2.75) is 31.7 Å². The number of hydrogen-bond donors (Lipinski definition) is 2. The number of carbonyl (C=O) groups excluding carboxylic acids is 1. The number of aryl methyl sites for hydroxylation is 2. The normalized spacial score (nSPS) is 17.0. The molecule has 3 N–H and O–H groups in total. The number of nitrogens with one attached hydrogen (secondary N) is 1. The van der Waals surface area contributed by atoms with E-state index in [0.717, 1.165) is 46.4 Å². The van der Waals surface area contributed by atoms with Crippen LogP contribution in [0, 0.1) is 0 Å². The van der Waals surface area contributed by atoms with Crippen molar-refractivity contribution in [1.82, 2.24) is 19.9 Å². The van der Waals surface area contributed by atoms with Gasteiger partial charge in [-0.3, -0.25) is 4.79 Å². The zero-order valence-electron chi connectivity index (χ0n) is 13.5. The van der Waals surface area contributed by atoms with Crippen LogP contribution in [-0.4, -0.2) is 20.4 Å². The molecule has 2 heterocycles. The first-order chi connectivity index (χ1) is 11.6. The molecule has 2 aromatic heterocycles. The van der Waals surface area contributed by atoms with Gasteiger partial charge in [0.25, 0.3) is 0 Å². The Balaban J connectivity index is 1.48. The van der Waals surface area contributed by atoms with Gasteiger partial charge < -0.3 is 15.6 Å². The topological polar surface area (TPSA) is 85.8 Å². The van der Waals surface area contributed by atoms with Crippen LogP contribution in [-0.2, 0) is 24.8 Å². The van der Waals surface area contributed by atoms with E-state index in [1.54, 1.807) is 6.33 Å². The molecule has 1 atom stereocenters. The summed E-state index contributed by atoms with van der Waals surface area (Å²) in [6.45, 7) is 0.497. The van der Waals surface area contributed by atoms with Crippen molar-refractivity contribution in [3.8, 4) is 0 Å². The number of hydrogen-bond acceptors (Lipinski definition) is 5. The van der Waals surface area contributed by atoms with Gasteiger partial charge in [0.1, 0.15) is 0 Å². The number of benzene rings is 1. The van der Waals surface area contributed by atoms with Gasteiger partial charge in [0.2, 0.25) is 5.91 Å². The Kier molecular flexibility index (Phi) is 3.72. The molecule has 0 saturated carbocycles. The Morgan fingerprint density at radius 3 is 3.25 bits per heavy atom. The maximum atomic E-state index is 12.6. The van der Waals surface area contributed by atoms with Gasteiger partial charge in [-0.2, -0.15) is 0 Å². The first-order valence-electron chi connectivity index (χ1n) is 8.04. The molecule has 3 aromatic rings. The van der Waals surface area contributed by atoms with Gasteiger partial charge >= 0.3 is 0 Å². The van der Waals surface area contributed by atoms with Gasteiger partial charge in [-0.25, -0.2) is 9.97 Å². The number of aromatic nitrogens is 3. The van der Waals surface area contributed by atoms with E-state index in [9.17, 15) is 4.79 Å². The predicted octanol–water partition coefficient (Wildman–Crippen LogP) is 2.35. The van der Waals surface area contributed by atoms with E-state index in [0.29, 0.717) is 11.7 Å². The third-order valence-electron chi connectivity index (χ3n) is 4.54. The number of rotatable bonds is 3. The largest absolute Gasteiger partial charge is 0.375 e. The number of anilines is 1. The highest BCUT2D eigenvalue weighted by Crippen LogP contribution is 2.35. The summed E-state index contributed by atoms with van der Waals surface area (Å²) in [6, 6.07) is 6.07. The van der Waals surface area contributed by atoms with Gasteiger partial charge in [0, 0.05) is 18.5 Å². The minimum absolute atomic E-state index is 0.0300. The number of nitrogens with two attached hydrogens (primary N) is 1. The van der Waals surface area contributed by atoms with E-state index >= 15 is 0 Å². The summed E-state index contributed by atoms with van der Waals surface area (Å²) in [5.74, 6) is -0.150. The zero-order valence-corrected chi connectivity index (χ0v) is 14.3. The molecule has 6 nitrogen and oxygen atoms in total. The van der Waals surface area contributed by atoms with Gasteiger partial charge in [-0.1, -0.05) is 6.07 Å². The van der Waals surface area contributed by atoms with E-state index in [4.69, 9.17) is 5.73 Å². The van der Waals surface area contributed by atoms with Crippen LogP contribution in [0.1, 0.15) is 34.9 Å². The number of nitrogen functional groups attached to an aromatic ring is 1. The zero-order chi connectivity index (χ0) is 16.7. The second-order valence-electron chi connectivity index (χ2n) is 6.20. The SMILES string of the molecule is Cn1cnc2cc(CNC(=O)C3CCCc4sc(N)nc43)ccc21. The summed E-state index contributed by atoms with van der Waals surface area (Å²) >= 11 is 1.51. The highest BCUT2D eigenvalue weighted by molar-refractivity contribution is 7.15. The summed E-state index contributed by atoms with van der Waals surface area (Å²) in [4.78, 5) is 22.5. The maximum Gasteiger partial charge on any atom is 0.229 e. The molecule has 124 valence electrons. The number of thiazole rings is 1. The summed E-state index contributed by atoms with van der Waals surface area (Å²) in [5.41, 5.74) is 9.75. The predicted molar refractivity (Wildman–Crippen MR) is 94.8 cm³/mol. The van der Waals surface area contributed by atoms with E-state index in [1.807, 2.05) is 29.8 Å². The van der Waals surface area contributed by atoms with Crippen LogP contribution >= 0.6 is 11.3 Å². The molecule has 0 aliphatic heterocycles. The maximum absolute atomic E-state index is 12.6. The summed E-state index contributed by atoms with van der Waals surface area (Å²) in [6.07, 6.45) is 4.61. The first-order valence-corrected chi connectivity index (χ1v) is 8.86. The molecule has 0 fully saturated rings. The van der Waals surface area contributed by atoms with Crippen molar-refractivity contribution in [2.75, 3.05) is 5.73 Å². The number of amides is 1. The number of carbonyl (C=O) groups is 1. The average Bonchev–Trinajstić information content (AvgIpc) is 3.14. The van der Waals surface area contributed by atoms with Crippen molar-refractivity contribution in [3.05, 3.63) is 40.7 Å². The Morgan fingerprint density at radius 1 is 1.50 bits per heavy atom. The molecule has 0 spiro atoms. The second-order valence-corrected chi connectivity index (χ2v) is 7.32. The number of imidazole rings is 1. The van der Waals surface area contributed by atoms with Crippen molar-refractivity contribution in [3.63, 3.8) is 0 Å². The van der Waals surface area contributed by atoms with Crippen molar-refractivity contribution < 1.29 is 4.79 Å². The fourth-order valence-corrected chi connectivity index (χ4v) is 4.23. The van der Waals surface area contributed by atoms with Crippen LogP contribution in [0.2, 0.25) is 0 Å². The molecule has 1 aromatic carbocycles. The summed E-state index contributed by atoms with van der Waals surface area (Å²) < 4.78 is 1.98. The van der Waals surface area contributed by atoms with Crippen molar-refractivity contribution in [2.24, 2.45) is 7.05 Å². The molecule has 0 saturated heterocycles. The fourth-order valence-electron chi connectivity index (χ4n) is 3.30. The minimum atomic E-state index is -0.180. The van der Waals surface area contributed by atoms with Crippen LogP contribution in [0.15, 0.2) is 24.5 Å². The van der Waals surface area contributed by atoms with E-state index < -0.39 is 0 Å². The summed E-state index contributed by atoms with van der Waals surface area (Å²) in [7, 11) is 1.97. The molecule has 1 aliphatic carbocycles. The fraction of sp³-hybridized carbons (Fsp3) is 0.353. The Hall–Kier alpha value is -2.41. The molecule has 1 amide bonds. The molecular weight excluding hydrogens is 322 g/mol. The van der Waals surface area contributed by atoms with Gasteiger partial charge in [0.15, 0.2) is 5.13 Å². The van der Waals surface area contributed by atoms with E-state index in [-0.39, 0.29) is 11.8 Å². The van der Waals surface area contributed by atoms with Crippen molar-refractivity contribution >= 4 is 33.4 Å². The molecular formula is C17H19N5OS. The Morgan fingerprint density at radius 2 is 2.38 bits per heavy atom. The van der Waals surface area contributed by atoms with Gasteiger partial charge in [-0.15, -0.1) is 11.3 Å². The van der Waals surface area contributed by atoms with Crippen LogP contribution in [0.5, 0.6) is 0 Å². The quantitative estimate of drug-likeness (QED) is 0.766. The monoisotopic (exact) mass is 341 g/mol. The molecule has 24 heavy (non-hydrogen) atoms. The average molecular weight is 341 g/mol. The highest BCUT2D eigenvalue weighted by atomic mass is 32.1. The third kappa shape index (κ3) is 2.65. The lowest BCUT2D eigenvalue weighted by molar-refractivity contribution is -0.123. The number of nitrogens with zero attached hydrogens (tertiary/aromatic N) is 3.